The summed E-state index contributed by atoms with van der Waals surface area (Å²) in [5, 5.41) is 3.42. The number of hydrogen-bond acceptors (Lipinski definition) is 4. The zero-order valence-electron chi connectivity index (χ0n) is 13.4. The Kier molecular flexibility index (Phi) is 4.44. The Balaban J connectivity index is 1.92. The molecule has 1 amide bonds. The Hall–Kier alpha value is -2.92. The first-order chi connectivity index (χ1) is 12.5. The second-order valence-electron chi connectivity index (χ2n) is 5.75. The first kappa shape index (κ1) is 18.9. The van der Waals surface area contributed by atoms with Crippen LogP contribution in [0.4, 0.5) is 32.2 Å². The minimum absolute atomic E-state index is 0.0572. The van der Waals surface area contributed by atoms with Gasteiger partial charge in [-0.15, -0.1) is 13.2 Å². The average molecular weight is 394 g/mol. The molecule has 1 aromatic heterocycles. The van der Waals surface area contributed by atoms with Gasteiger partial charge in [-0.2, -0.15) is 18.3 Å². The smallest absolute Gasteiger partial charge is 0.406 e. The molecule has 0 bridgehead atoms. The topological polar surface area (TPSA) is 73.4 Å². The molecule has 0 fully saturated rings. The van der Waals surface area contributed by atoms with Crippen molar-refractivity contribution in [1.29, 1.82) is 0 Å². The summed E-state index contributed by atoms with van der Waals surface area (Å²) in [6, 6.07) is 5.01. The van der Waals surface area contributed by atoms with Crippen LogP contribution in [0.2, 0.25) is 0 Å². The van der Waals surface area contributed by atoms with Crippen LogP contribution < -0.4 is 15.4 Å². The van der Waals surface area contributed by atoms with Crippen LogP contribution >= 0.6 is 0 Å². The Morgan fingerprint density at radius 1 is 1.19 bits per heavy atom. The predicted molar refractivity (Wildman–Crippen MR) is 79.9 cm³/mol. The first-order valence-corrected chi connectivity index (χ1v) is 7.53. The number of hydrogen-bond donors (Lipinski definition) is 1. The van der Waals surface area contributed by atoms with Crippen molar-refractivity contribution in [3.8, 4) is 5.75 Å². The summed E-state index contributed by atoms with van der Waals surface area (Å²) in [5.41, 5.74) is 3.31. The Bertz CT molecular complexity index is 874. The second kappa shape index (κ2) is 6.35. The number of benzene rings is 1. The van der Waals surface area contributed by atoms with E-state index in [4.69, 9.17) is 5.73 Å². The maximum Gasteiger partial charge on any atom is 0.573 e. The van der Waals surface area contributed by atoms with E-state index < -0.39 is 35.5 Å². The van der Waals surface area contributed by atoms with Crippen LogP contribution in [0.1, 0.15) is 21.6 Å². The van der Waals surface area contributed by atoms with Crippen LogP contribution in [0, 0.1) is 0 Å². The van der Waals surface area contributed by atoms with E-state index in [1.165, 1.54) is 17.0 Å². The molecule has 0 atom stereocenters. The molecule has 0 spiro atoms. The molecule has 0 saturated heterocycles. The Morgan fingerprint density at radius 2 is 1.89 bits per heavy atom. The van der Waals surface area contributed by atoms with E-state index in [-0.39, 0.29) is 25.5 Å². The molecule has 3 rings (SSSR count). The third kappa shape index (κ3) is 3.93. The fraction of sp³-hybridized carbons (Fsp3) is 0.333. The minimum Gasteiger partial charge on any atom is -0.406 e. The van der Waals surface area contributed by atoms with Crippen molar-refractivity contribution in [3.63, 3.8) is 0 Å². The zero-order valence-corrected chi connectivity index (χ0v) is 13.4. The number of fused-ring (bicyclic) bond motifs is 1. The van der Waals surface area contributed by atoms with Crippen molar-refractivity contribution in [2.45, 2.75) is 25.6 Å². The summed E-state index contributed by atoms with van der Waals surface area (Å²) >= 11 is 0. The predicted octanol–water partition coefficient (Wildman–Crippen LogP) is 2.92. The van der Waals surface area contributed by atoms with Gasteiger partial charge < -0.3 is 15.4 Å². The van der Waals surface area contributed by atoms with Gasteiger partial charge in [0.1, 0.15) is 17.1 Å². The second-order valence-corrected chi connectivity index (χ2v) is 5.75. The minimum atomic E-state index is -4.87. The van der Waals surface area contributed by atoms with Crippen LogP contribution in [0.15, 0.2) is 24.3 Å². The van der Waals surface area contributed by atoms with Gasteiger partial charge in [-0.05, 0) is 17.7 Å². The highest BCUT2D eigenvalue weighted by Crippen LogP contribution is 2.38. The third-order valence-electron chi connectivity index (χ3n) is 3.83. The number of carbonyl (C=O) groups is 1. The molecule has 1 aliphatic rings. The summed E-state index contributed by atoms with van der Waals surface area (Å²) in [6.45, 7) is 0.230. The van der Waals surface area contributed by atoms with E-state index in [1.807, 2.05) is 0 Å². The van der Waals surface area contributed by atoms with Gasteiger partial charge in [0.05, 0.1) is 6.54 Å². The van der Waals surface area contributed by atoms with Crippen LogP contribution in [-0.4, -0.2) is 28.6 Å². The van der Waals surface area contributed by atoms with Gasteiger partial charge >= 0.3 is 12.5 Å². The molecule has 0 radical (unpaired) electrons. The van der Waals surface area contributed by atoms with Gasteiger partial charge in [0.2, 0.25) is 0 Å². The highest BCUT2D eigenvalue weighted by molar-refractivity contribution is 5.99. The van der Waals surface area contributed by atoms with Crippen molar-refractivity contribution in [3.05, 3.63) is 41.1 Å². The lowest BCUT2D eigenvalue weighted by atomic mass is 10.1. The largest absolute Gasteiger partial charge is 0.573 e. The molecule has 0 unspecified atom stereocenters. The molecular weight excluding hydrogens is 382 g/mol. The SMILES string of the molecule is NC(=O)c1c(C(F)(F)F)nn2c1N(Cc1cccc(OC(F)(F)F)c1)CC2. The van der Waals surface area contributed by atoms with E-state index in [9.17, 15) is 31.1 Å². The van der Waals surface area contributed by atoms with E-state index in [0.29, 0.717) is 5.56 Å². The lowest BCUT2D eigenvalue weighted by Crippen LogP contribution is -2.25. The Labute approximate surface area is 148 Å². The number of nitrogens with two attached hydrogens (primary N) is 1. The fourth-order valence-corrected chi connectivity index (χ4v) is 2.89. The molecule has 2 heterocycles. The van der Waals surface area contributed by atoms with Crippen molar-refractivity contribution in [2.24, 2.45) is 5.73 Å². The number of amides is 1. The number of nitrogens with zero attached hydrogens (tertiary/aromatic N) is 3. The van der Waals surface area contributed by atoms with Crippen molar-refractivity contribution in [1.82, 2.24) is 9.78 Å². The van der Waals surface area contributed by atoms with Gasteiger partial charge in [0, 0.05) is 13.1 Å². The van der Waals surface area contributed by atoms with Crippen LogP contribution in [0.3, 0.4) is 0 Å². The van der Waals surface area contributed by atoms with E-state index in [2.05, 4.69) is 9.84 Å². The molecule has 6 nitrogen and oxygen atoms in total. The normalized spacial score (nSPS) is 14.4. The zero-order chi connectivity index (χ0) is 20.0. The Morgan fingerprint density at radius 3 is 2.48 bits per heavy atom. The molecule has 146 valence electrons. The molecule has 2 N–H and O–H groups in total. The molecular formula is C15H12F6N4O2. The molecule has 1 aromatic carbocycles. The molecule has 12 heteroatoms. The van der Waals surface area contributed by atoms with Gasteiger partial charge in [-0.1, -0.05) is 12.1 Å². The van der Waals surface area contributed by atoms with E-state index >= 15 is 0 Å². The molecule has 0 aliphatic carbocycles. The summed E-state index contributed by atoms with van der Waals surface area (Å²) in [4.78, 5) is 13.0. The number of rotatable bonds is 4. The highest BCUT2D eigenvalue weighted by Gasteiger charge is 2.43. The maximum absolute atomic E-state index is 13.1. The van der Waals surface area contributed by atoms with Crippen molar-refractivity contribution < 1.29 is 35.9 Å². The lowest BCUT2D eigenvalue weighted by molar-refractivity contribution is -0.274. The number of anilines is 1. The van der Waals surface area contributed by atoms with E-state index in [0.717, 1.165) is 16.8 Å². The van der Waals surface area contributed by atoms with Gasteiger partial charge in [-0.25, -0.2) is 4.68 Å². The van der Waals surface area contributed by atoms with Crippen LogP contribution in [0.25, 0.3) is 0 Å². The number of ether oxygens (including phenoxy) is 1. The molecule has 2 aromatic rings. The first-order valence-electron chi connectivity index (χ1n) is 7.53. The quantitative estimate of drug-likeness (QED) is 0.810. The standard InChI is InChI=1S/C15H12F6N4O2/c16-14(17,18)11-10(12(22)26)13-24(4-5-25(13)23-11)7-8-2-1-3-9(6-8)27-15(19,20)21/h1-3,6H,4-5,7H2,(H2,22,26). The van der Waals surface area contributed by atoms with Crippen molar-refractivity contribution >= 4 is 11.7 Å². The fourth-order valence-electron chi connectivity index (χ4n) is 2.89. The van der Waals surface area contributed by atoms with Crippen molar-refractivity contribution in [2.75, 3.05) is 11.4 Å². The van der Waals surface area contributed by atoms with Gasteiger partial charge in [0.15, 0.2) is 5.69 Å². The highest BCUT2D eigenvalue weighted by atomic mass is 19.4. The summed E-state index contributed by atoms with van der Waals surface area (Å²) in [7, 11) is 0. The number of halogens is 6. The summed E-state index contributed by atoms with van der Waals surface area (Å²) < 4.78 is 81.1. The maximum atomic E-state index is 13.1. The molecule has 27 heavy (non-hydrogen) atoms. The number of primary amides is 1. The van der Waals surface area contributed by atoms with Gasteiger partial charge in [0.25, 0.3) is 5.91 Å². The molecule has 1 aliphatic heterocycles. The van der Waals surface area contributed by atoms with Crippen LogP contribution in [-0.2, 0) is 19.3 Å². The average Bonchev–Trinajstić information content (AvgIpc) is 3.05. The molecule has 0 saturated carbocycles. The van der Waals surface area contributed by atoms with E-state index in [1.54, 1.807) is 0 Å². The number of alkyl halides is 6. The van der Waals surface area contributed by atoms with Crippen LogP contribution in [0.5, 0.6) is 5.75 Å². The number of aromatic nitrogens is 2. The monoisotopic (exact) mass is 394 g/mol. The summed E-state index contributed by atoms with van der Waals surface area (Å²) in [6.07, 6.45) is -9.74. The number of carbonyl (C=O) groups excluding carboxylic acids is 1. The van der Waals surface area contributed by atoms with Gasteiger partial charge in [-0.3, -0.25) is 4.79 Å². The summed E-state index contributed by atoms with van der Waals surface area (Å²) in [5.74, 6) is -1.86. The third-order valence-corrected chi connectivity index (χ3v) is 3.83. The lowest BCUT2D eigenvalue weighted by Gasteiger charge is -2.19.